The van der Waals surface area contributed by atoms with Gasteiger partial charge in [-0.3, -0.25) is 19.3 Å². The lowest BCUT2D eigenvalue weighted by molar-refractivity contribution is -0.149. The van der Waals surface area contributed by atoms with Crippen molar-refractivity contribution < 1.29 is 24.2 Å². The number of imide groups is 1. The summed E-state index contributed by atoms with van der Waals surface area (Å²) >= 11 is 0.752. The molecule has 1 aromatic carbocycles. The smallest absolute Gasteiger partial charge is 0.326 e. The molecule has 116 valence electrons. The highest BCUT2D eigenvalue weighted by molar-refractivity contribution is 8.18. The Hall–Kier alpha value is -2.28. The summed E-state index contributed by atoms with van der Waals surface area (Å²) in [6, 6.07) is 6.30. The summed E-state index contributed by atoms with van der Waals surface area (Å²) in [6.45, 7) is 2.97. The fourth-order valence-electron chi connectivity index (χ4n) is 1.83. The molecule has 0 spiro atoms. The van der Waals surface area contributed by atoms with Gasteiger partial charge in [0.2, 0.25) is 0 Å². The molecule has 0 aliphatic carbocycles. The highest BCUT2D eigenvalue weighted by atomic mass is 32.2. The van der Waals surface area contributed by atoms with Gasteiger partial charge in [-0.05, 0) is 49.4 Å². The maximum atomic E-state index is 12.2. The number of nitrogens with zero attached hydrogens (tertiary/aromatic N) is 1. The van der Waals surface area contributed by atoms with Crippen LogP contribution in [-0.2, 0) is 14.3 Å². The van der Waals surface area contributed by atoms with Gasteiger partial charge in [0, 0.05) is 0 Å². The summed E-state index contributed by atoms with van der Waals surface area (Å²) in [5.74, 6) is -1.11. The number of aromatic hydroxyl groups is 1. The van der Waals surface area contributed by atoms with Crippen molar-refractivity contribution in [2.45, 2.75) is 20.0 Å². The maximum absolute atomic E-state index is 12.2. The molecule has 1 saturated heterocycles. The molecule has 6 nitrogen and oxygen atoms in total. The number of carbonyl (C=O) groups excluding carboxylic acids is 3. The fourth-order valence-corrected chi connectivity index (χ4v) is 2.67. The average molecular weight is 321 g/mol. The summed E-state index contributed by atoms with van der Waals surface area (Å²) < 4.78 is 4.93. The Morgan fingerprint density at radius 2 is 2.14 bits per heavy atom. The molecule has 2 amide bonds. The number of benzene rings is 1. The van der Waals surface area contributed by atoms with E-state index in [9.17, 15) is 19.5 Å². The zero-order valence-corrected chi connectivity index (χ0v) is 12.9. The van der Waals surface area contributed by atoms with Crippen molar-refractivity contribution in [1.82, 2.24) is 4.90 Å². The van der Waals surface area contributed by atoms with Crippen LogP contribution in [0.5, 0.6) is 5.75 Å². The predicted molar refractivity (Wildman–Crippen MR) is 82.0 cm³/mol. The number of hydrogen-bond donors (Lipinski definition) is 1. The topological polar surface area (TPSA) is 83.9 Å². The SMILES string of the molecule is CC(C)OC(=O)CN1C(=O)S/C(=C\c2cccc(O)c2)C1=O. The number of esters is 1. The van der Waals surface area contributed by atoms with E-state index in [1.807, 2.05) is 0 Å². The van der Waals surface area contributed by atoms with Gasteiger partial charge in [-0.25, -0.2) is 0 Å². The molecule has 1 aliphatic rings. The van der Waals surface area contributed by atoms with Crippen LogP contribution in [0, 0.1) is 0 Å². The fraction of sp³-hybridized carbons (Fsp3) is 0.267. The highest BCUT2D eigenvalue weighted by Gasteiger charge is 2.36. The Balaban J connectivity index is 2.13. The molecule has 0 unspecified atom stereocenters. The van der Waals surface area contributed by atoms with Gasteiger partial charge in [-0.1, -0.05) is 12.1 Å². The first-order valence-corrected chi connectivity index (χ1v) is 7.42. The van der Waals surface area contributed by atoms with Crippen molar-refractivity contribution in [1.29, 1.82) is 0 Å². The van der Waals surface area contributed by atoms with Crippen LogP contribution >= 0.6 is 11.8 Å². The van der Waals surface area contributed by atoms with Crippen LogP contribution in [-0.4, -0.2) is 39.8 Å². The summed E-state index contributed by atoms with van der Waals surface area (Å²) in [7, 11) is 0. The average Bonchev–Trinajstić information content (AvgIpc) is 2.66. The zero-order valence-electron chi connectivity index (χ0n) is 12.1. The van der Waals surface area contributed by atoms with E-state index >= 15 is 0 Å². The molecule has 1 fully saturated rings. The largest absolute Gasteiger partial charge is 0.508 e. The van der Waals surface area contributed by atoms with Gasteiger partial charge >= 0.3 is 5.97 Å². The molecular weight excluding hydrogens is 306 g/mol. The number of phenols is 1. The molecule has 0 atom stereocenters. The molecular formula is C15H15NO5S. The summed E-state index contributed by atoms with van der Waals surface area (Å²) in [6.07, 6.45) is 1.19. The molecule has 2 rings (SSSR count). The normalized spacial score (nSPS) is 16.7. The monoisotopic (exact) mass is 321 g/mol. The lowest BCUT2D eigenvalue weighted by atomic mass is 10.2. The van der Waals surface area contributed by atoms with Crippen LogP contribution in [0.25, 0.3) is 6.08 Å². The maximum Gasteiger partial charge on any atom is 0.326 e. The van der Waals surface area contributed by atoms with Crippen LogP contribution in [0.4, 0.5) is 4.79 Å². The standard InChI is InChI=1S/C15H15NO5S/c1-9(2)21-13(18)8-16-14(19)12(22-15(16)20)7-10-4-3-5-11(17)6-10/h3-7,9,17H,8H2,1-2H3/b12-7-. The molecule has 0 aromatic heterocycles. The molecule has 1 N–H and O–H groups in total. The molecule has 0 saturated carbocycles. The van der Waals surface area contributed by atoms with Gasteiger partial charge in [0.15, 0.2) is 0 Å². The summed E-state index contributed by atoms with van der Waals surface area (Å²) in [5.41, 5.74) is 0.593. The minimum atomic E-state index is -0.629. The van der Waals surface area contributed by atoms with Crippen molar-refractivity contribution >= 4 is 35.0 Å². The third-order valence-corrected chi connectivity index (χ3v) is 3.60. The number of carbonyl (C=O) groups is 3. The number of amides is 2. The van der Waals surface area contributed by atoms with Gasteiger partial charge < -0.3 is 9.84 Å². The minimum absolute atomic E-state index is 0.0634. The van der Waals surface area contributed by atoms with Crippen molar-refractivity contribution in [3.05, 3.63) is 34.7 Å². The Kier molecular flexibility index (Phi) is 4.87. The molecule has 0 radical (unpaired) electrons. The third-order valence-electron chi connectivity index (χ3n) is 2.70. The minimum Gasteiger partial charge on any atom is -0.508 e. The first-order valence-electron chi connectivity index (χ1n) is 6.60. The highest BCUT2D eigenvalue weighted by Crippen LogP contribution is 2.32. The van der Waals surface area contributed by atoms with E-state index in [0.29, 0.717) is 5.56 Å². The molecule has 1 aliphatic heterocycles. The Morgan fingerprint density at radius 1 is 1.41 bits per heavy atom. The number of hydrogen-bond acceptors (Lipinski definition) is 6. The van der Waals surface area contributed by atoms with Crippen molar-refractivity contribution in [3.8, 4) is 5.75 Å². The van der Waals surface area contributed by atoms with Gasteiger partial charge in [-0.15, -0.1) is 0 Å². The lowest BCUT2D eigenvalue weighted by Gasteiger charge is -2.13. The molecule has 7 heteroatoms. The van der Waals surface area contributed by atoms with E-state index in [1.54, 1.807) is 26.0 Å². The van der Waals surface area contributed by atoms with Crippen LogP contribution in [0.15, 0.2) is 29.2 Å². The number of phenolic OH excluding ortho intramolecular Hbond substituents is 1. The molecule has 1 aromatic rings. The number of thioether (sulfide) groups is 1. The van der Waals surface area contributed by atoms with Crippen LogP contribution in [0.1, 0.15) is 19.4 Å². The quantitative estimate of drug-likeness (QED) is 0.677. The zero-order chi connectivity index (χ0) is 16.3. The Labute approximate surface area is 131 Å². The van der Waals surface area contributed by atoms with Crippen LogP contribution in [0.3, 0.4) is 0 Å². The van der Waals surface area contributed by atoms with Gasteiger partial charge in [-0.2, -0.15) is 0 Å². The molecule has 1 heterocycles. The van der Waals surface area contributed by atoms with Crippen molar-refractivity contribution in [3.63, 3.8) is 0 Å². The van der Waals surface area contributed by atoms with E-state index in [4.69, 9.17) is 4.74 Å². The molecule has 22 heavy (non-hydrogen) atoms. The summed E-state index contributed by atoms with van der Waals surface area (Å²) in [4.78, 5) is 36.6. The first kappa shape index (κ1) is 16.1. The summed E-state index contributed by atoms with van der Waals surface area (Å²) in [5, 5.41) is 8.88. The van der Waals surface area contributed by atoms with E-state index < -0.39 is 23.7 Å². The number of rotatable bonds is 4. The van der Waals surface area contributed by atoms with Gasteiger partial charge in [0.05, 0.1) is 11.0 Å². The van der Waals surface area contributed by atoms with E-state index in [2.05, 4.69) is 0 Å². The Morgan fingerprint density at radius 3 is 2.77 bits per heavy atom. The second-order valence-electron chi connectivity index (χ2n) is 4.90. The van der Waals surface area contributed by atoms with Crippen LogP contribution < -0.4 is 0 Å². The lowest BCUT2D eigenvalue weighted by Crippen LogP contribution is -2.35. The first-order chi connectivity index (χ1) is 10.4. The predicted octanol–water partition coefficient (Wildman–Crippen LogP) is 2.38. The second-order valence-corrected chi connectivity index (χ2v) is 5.89. The van der Waals surface area contributed by atoms with Gasteiger partial charge in [0.25, 0.3) is 11.1 Å². The van der Waals surface area contributed by atoms with Crippen LogP contribution in [0.2, 0.25) is 0 Å². The van der Waals surface area contributed by atoms with Crippen molar-refractivity contribution in [2.24, 2.45) is 0 Å². The van der Waals surface area contributed by atoms with E-state index in [-0.39, 0.29) is 16.8 Å². The van der Waals surface area contributed by atoms with E-state index in [0.717, 1.165) is 16.7 Å². The van der Waals surface area contributed by atoms with Crippen molar-refractivity contribution in [2.75, 3.05) is 6.54 Å². The number of ether oxygens (including phenoxy) is 1. The van der Waals surface area contributed by atoms with Gasteiger partial charge in [0.1, 0.15) is 12.3 Å². The second kappa shape index (κ2) is 6.65. The Bertz CT molecular complexity index is 653. The third kappa shape index (κ3) is 3.88. The van der Waals surface area contributed by atoms with E-state index in [1.165, 1.54) is 18.2 Å². The molecule has 0 bridgehead atoms.